The standard InChI is InChI=1S/C12H26N2OS/c1-10(5-3-7-15)14-12(9-13)6-4-8-16-11(12)2/h10-11,14-15H,3-9,13H2,1-2H3. The van der Waals surface area contributed by atoms with Crippen LogP contribution in [0.1, 0.15) is 39.5 Å². The molecule has 3 unspecified atom stereocenters. The maximum Gasteiger partial charge on any atom is 0.0431 e. The largest absolute Gasteiger partial charge is 0.396 e. The van der Waals surface area contributed by atoms with Crippen LogP contribution >= 0.6 is 11.8 Å². The summed E-state index contributed by atoms with van der Waals surface area (Å²) >= 11 is 2.02. The van der Waals surface area contributed by atoms with Crippen molar-refractivity contribution in [2.45, 2.75) is 56.4 Å². The average Bonchev–Trinajstić information content (AvgIpc) is 2.29. The molecule has 0 aliphatic carbocycles. The molecule has 16 heavy (non-hydrogen) atoms. The molecule has 1 aliphatic rings. The van der Waals surface area contributed by atoms with Gasteiger partial charge < -0.3 is 16.2 Å². The van der Waals surface area contributed by atoms with Crippen LogP contribution in [0, 0.1) is 0 Å². The summed E-state index contributed by atoms with van der Waals surface area (Å²) in [5, 5.41) is 13.1. The maximum atomic E-state index is 8.84. The monoisotopic (exact) mass is 246 g/mol. The number of thioether (sulfide) groups is 1. The molecule has 1 heterocycles. The van der Waals surface area contributed by atoms with Crippen LogP contribution in [-0.2, 0) is 0 Å². The molecule has 0 amide bonds. The van der Waals surface area contributed by atoms with E-state index < -0.39 is 0 Å². The van der Waals surface area contributed by atoms with Gasteiger partial charge in [0.2, 0.25) is 0 Å². The molecule has 1 fully saturated rings. The second-order valence-corrected chi connectivity index (χ2v) is 6.34. The van der Waals surface area contributed by atoms with Gasteiger partial charge in [0.1, 0.15) is 0 Å². The molecule has 4 heteroatoms. The Morgan fingerprint density at radius 2 is 2.38 bits per heavy atom. The lowest BCUT2D eigenvalue weighted by Crippen LogP contribution is -2.61. The zero-order chi connectivity index (χ0) is 12.0. The molecule has 1 rings (SSSR count). The zero-order valence-electron chi connectivity index (χ0n) is 10.5. The predicted molar refractivity (Wildman–Crippen MR) is 71.9 cm³/mol. The van der Waals surface area contributed by atoms with Gasteiger partial charge in [0.25, 0.3) is 0 Å². The topological polar surface area (TPSA) is 58.3 Å². The molecule has 96 valence electrons. The van der Waals surface area contributed by atoms with E-state index in [0.29, 0.717) is 17.8 Å². The van der Waals surface area contributed by atoms with Crippen LogP contribution < -0.4 is 11.1 Å². The first-order valence-corrected chi connectivity index (χ1v) is 7.40. The Balaban J connectivity index is 2.51. The molecule has 0 bridgehead atoms. The predicted octanol–water partition coefficient (Wildman–Crippen LogP) is 1.35. The highest BCUT2D eigenvalue weighted by atomic mass is 32.2. The van der Waals surface area contributed by atoms with Crippen LogP contribution in [0.15, 0.2) is 0 Å². The normalized spacial score (nSPS) is 32.6. The number of aliphatic hydroxyl groups excluding tert-OH is 1. The van der Waals surface area contributed by atoms with E-state index in [2.05, 4.69) is 19.2 Å². The van der Waals surface area contributed by atoms with Crippen molar-refractivity contribution in [1.82, 2.24) is 5.32 Å². The van der Waals surface area contributed by atoms with Crippen molar-refractivity contribution in [3.8, 4) is 0 Å². The van der Waals surface area contributed by atoms with Gasteiger partial charge in [-0.2, -0.15) is 11.8 Å². The molecular weight excluding hydrogens is 220 g/mol. The molecule has 0 spiro atoms. The summed E-state index contributed by atoms with van der Waals surface area (Å²) in [6.45, 7) is 5.47. The molecule has 0 aromatic heterocycles. The first-order valence-electron chi connectivity index (χ1n) is 6.35. The van der Waals surface area contributed by atoms with Gasteiger partial charge in [0, 0.05) is 30.0 Å². The van der Waals surface area contributed by atoms with Crippen molar-refractivity contribution in [3.05, 3.63) is 0 Å². The number of hydrogen-bond donors (Lipinski definition) is 3. The molecule has 0 aromatic rings. The number of aliphatic hydroxyl groups is 1. The minimum atomic E-state index is 0.109. The first-order chi connectivity index (χ1) is 7.64. The quantitative estimate of drug-likeness (QED) is 0.662. The third kappa shape index (κ3) is 3.62. The van der Waals surface area contributed by atoms with E-state index in [0.717, 1.165) is 12.8 Å². The van der Waals surface area contributed by atoms with Crippen LogP contribution in [0.4, 0.5) is 0 Å². The summed E-state index contributed by atoms with van der Waals surface area (Å²) in [7, 11) is 0. The van der Waals surface area contributed by atoms with Gasteiger partial charge in [-0.15, -0.1) is 0 Å². The Labute approximate surface area is 104 Å². The van der Waals surface area contributed by atoms with E-state index in [1.807, 2.05) is 11.8 Å². The third-order valence-corrected chi connectivity index (χ3v) is 5.08. The molecule has 1 aliphatic heterocycles. The van der Waals surface area contributed by atoms with Crippen molar-refractivity contribution in [2.24, 2.45) is 5.73 Å². The molecule has 4 N–H and O–H groups in total. The summed E-state index contributed by atoms with van der Waals surface area (Å²) in [5.74, 6) is 1.26. The van der Waals surface area contributed by atoms with E-state index in [9.17, 15) is 0 Å². The molecule has 0 saturated carbocycles. The molecule has 3 atom stereocenters. The summed E-state index contributed by atoms with van der Waals surface area (Å²) in [6.07, 6.45) is 4.33. The highest BCUT2D eigenvalue weighted by Crippen LogP contribution is 2.33. The van der Waals surface area contributed by atoms with Crippen molar-refractivity contribution in [3.63, 3.8) is 0 Å². The fourth-order valence-corrected chi connectivity index (χ4v) is 3.75. The minimum Gasteiger partial charge on any atom is -0.396 e. The van der Waals surface area contributed by atoms with Crippen molar-refractivity contribution >= 4 is 11.8 Å². The first kappa shape index (κ1) is 14.3. The van der Waals surface area contributed by atoms with E-state index >= 15 is 0 Å². The summed E-state index contributed by atoms with van der Waals surface area (Å²) in [6, 6.07) is 0.442. The Kier molecular flexibility index (Phi) is 6.11. The highest BCUT2D eigenvalue weighted by Gasteiger charge is 2.38. The SMILES string of the molecule is CC(CCCO)NC1(CN)CCCSC1C. The van der Waals surface area contributed by atoms with Crippen LogP contribution in [0.25, 0.3) is 0 Å². The lowest BCUT2D eigenvalue weighted by atomic mass is 9.88. The maximum absolute atomic E-state index is 8.84. The third-order valence-electron chi connectivity index (χ3n) is 3.61. The molecule has 0 aromatic carbocycles. The van der Waals surface area contributed by atoms with Gasteiger partial charge in [-0.1, -0.05) is 6.92 Å². The van der Waals surface area contributed by atoms with Gasteiger partial charge in [0.15, 0.2) is 0 Å². The van der Waals surface area contributed by atoms with Crippen molar-refractivity contribution in [1.29, 1.82) is 0 Å². The lowest BCUT2D eigenvalue weighted by molar-refractivity contribution is 0.240. The fourth-order valence-electron chi connectivity index (χ4n) is 2.49. The Bertz CT molecular complexity index is 203. The van der Waals surface area contributed by atoms with Gasteiger partial charge in [-0.05, 0) is 38.4 Å². The van der Waals surface area contributed by atoms with Crippen LogP contribution in [0.2, 0.25) is 0 Å². The Morgan fingerprint density at radius 3 is 2.94 bits per heavy atom. The van der Waals surface area contributed by atoms with Crippen molar-refractivity contribution < 1.29 is 5.11 Å². The second kappa shape index (κ2) is 6.84. The van der Waals surface area contributed by atoms with Crippen LogP contribution in [0.5, 0.6) is 0 Å². The van der Waals surface area contributed by atoms with Crippen LogP contribution in [-0.4, -0.2) is 40.8 Å². The van der Waals surface area contributed by atoms with Crippen molar-refractivity contribution in [2.75, 3.05) is 18.9 Å². The number of nitrogens with one attached hydrogen (secondary N) is 1. The van der Waals surface area contributed by atoms with E-state index in [1.54, 1.807) is 0 Å². The minimum absolute atomic E-state index is 0.109. The summed E-state index contributed by atoms with van der Waals surface area (Å²) < 4.78 is 0. The summed E-state index contributed by atoms with van der Waals surface area (Å²) in [5.41, 5.74) is 6.09. The smallest absolute Gasteiger partial charge is 0.0431 e. The lowest BCUT2D eigenvalue weighted by Gasteiger charge is -2.44. The summed E-state index contributed by atoms with van der Waals surface area (Å²) in [4.78, 5) is 0. The zero-order valence-corrected chi connectivity index (χ0v) is 11.4. The average molecular weight is 246 g/mol. The Morgan fingerprint density at radius 1 is 1.62 bits per heavy atom. The van der Waals surface area contributed by atoms with E-state index in [-0.39, 0.29) is 12.1 Å². The number of hydrogen-bond acceptors (Lipinski definition) is 4. The van der Waals surface area contributed by atoms with Gasteiger partial charge in [-0.3, -0.25) is 0 Å². The second-order valence-electron chi connectivity index (χ2n) is 4.89. The highest BCUT2D eigenvalue weighted by molar-refractivity contribution is 8.00. The van der Waals surface area contributed by atoms with Gasteiger partial charge in [-0.25, -0.2) is 0 Å². The molecule has 0 radical (unpaired) electrons. The van der Waals surface area contributed by atoms with Gasteiger partial charge in [0.05, 0.1) is 0 Å². The van der Waals surface area contributed by atoms with E-state index in [4.69, 9.17) is 10.8 Å². The number of nitrogens with two attached hydrogens (primary N) is 1. The Hall–Kier alpha value is 0.230. The fraction of sp³-hybridized carbons (Fsp3) is 1.00. The van der Waals surface area contributed by atoms with Crippen LogP contribution in [0.3, 0.4) is 0 Å². The number of rotatable bonds is 6. The molecule has 1 saturated heterocycles. The molecular formula is C12H26N2OS. The van der Waals surface area contributed by atoms with E-state index in [1.165, 1.54) is 18.6 Å². The van der Waals surface area contributed by atoms with Gasteiger partial charge >= 0.3 is 0 Å². The molecule has 3 nitrogen and oxygen atoms in total.